The molecule has 32 heavy (non-hydrogen) atoms. The Morgan fingerprint density at radius 3 is 1.72 bits per heavy atom. The Hall–Kier alpha value is -0.0362. The van der Waals surface area contributed by atoms with Crippen molar-refractivity contribution in [1.82, 2.24) is 0 Å². The molecular weight excluding hydrogens is 460 g/mol. The second kappa shape index (κ2) is 10.7. The van der Waals surface area contributed by atoms with Crippen LogP contribution < -0.4 is 0 Å². The smallest absolute Gasteiger partial charge is 0.264 e. The minimum atomic E-state index is -3.45. The first kappa shape index (κ1) is 30.0. The van der Waals surface area contributed by atoms with Crippen LogP contribution in [0.1, 0.15) is 60.8 Å². The van der Waals surface area contributed by atoms with E-state index in [2.05, 4.69) is 74.3 Å². The fourth-order valence-corrected chi connectivity index (χ4v) is 6.26. The van der Waals surface area contributed by atoms with Crippen molar-refractivity contribution in [2.45, 2.75) is 121 Å². The van der Waals surface area contributed by atoms with E-state index in [1.54, 1.807) is 0 Å². The first-order valence-corrected chi connectivity index (χ1v) is 19.3. The third kappa shape index (κ3) is 8.32. The molecule has 0 aromatic heterocycles. The Morgan fingerprint density at radius 1 is 0.906 bits per heavy atom. The van der Waals surface area contributed by atoms with E-state index in [4.69, 9.17) is 17.8 Å². The minimum Gasteiger partial charge on any atom is -0.409 e. The molecule has 0 spiro atoms. The van der Waals surface area contributed by atoms with Crippen LogP contribution in [0.2, 0.25) is 36.3 Å². The first-order chi connectivity index (χ1) is 14.2. The van der Waals surface area contributed by atoms with Gasteiger partial charge in [0.2, 0.25) is 0 Å². The van der Waals surface area contributed by atoms with E-state index in [9.17, 15) is 8.42 Å². The average Bonchev–Trinajstić information content (AvgIpc) is 2.85. The van der Waals surface area contributed by atoms with E-state index in [-0.39, 0.29) is 41.1 Å². The average molecular weight is 509 g/mol. The first-order valence-electron chi connectivity index (χ1n) is 11.7. The van der Waals surface area contributed by atoms with Crippen molar-refractivity contribution in [3.8, 4) is 0 Å². The summed E-state index contributed by atoms with van der Waals surface area (Å²) < 4.78 is 48.0. The van der Waals surface area contributed by atoms with Crippen molar-refractivity contribution in [3.63, 3.8) is 0 Å². The summed E-state index contributed by atoms with van der Waals surface area (Å²) in [5.74, 6) is 0. The summed E-state index contributed by atoms with van der Waals surface area (Å²) in [4.78, 5) is 0. The zero-order valence-electron chi connectivity index (χ0n) is 22.3. The van der Waals surface area contributed by atoms with Gasteiger partial charge in [-0.05, 0) is 55.5 Å². The highest BCUT2D eigenvalue weighted by atomic mass is 32.2. The Balaban J connectivity index is 3.22. The van der Waals surface area contributed by atoms with Crippen LogP contribution >= 0.6 is 0 Å². The van der Waals surface area contributed by atoms with E-state index >= 15 is 0 Å². The summed E-state index contributed by atoms with van der Waals surface area (Å²) in [6.45, 7) is 26.5. The molecule has 6 nitrogen and oxygen atoms in total. The van der Waals surface area contributed by atoms with Crippen LogP contribution in [-0.2, 0) is 27.9 Å². The minimum absolute atomic E-state index is 0.0506. The molecule has 1 rings (SSSR count). The fraction of sp³-hybridized carbons (Fsp3) is 0.913. The van der Waals surface area contributed by atoms with Crippen molar-refractivity contribution in [3.05, 3.63) is 12.7 Å². The summed E-state index contributed by atoms with van der Waals surface area (Å²) >= 11 is 0. The van der Waals surface area contributed by atoms with Crippen LogP contribution in [0, 0.1) is 0 Å². The third-order valence-corrected chi connectivity index (χ3v) is 16.8. The molecule has 190 valence electrons. The fourth-order valence-electron chi connectivity index (χ4n) is 3.20. The maximum Gasteiger partial charge on any atom is 0.264 e. The van der Waals surface area contributed by atoms with Gasteiger partial charge in [-0.2, -0.15) is 8.42 Å². The molecule has 0 aromatic rings. The number of rotatable bonds is 11. The molecule has 0 amide bonds. The molecule has 1 aliphatic rings. The molecule has 0 saturated carbocycles. The van der Waals surface area contributed by atoms with Crippen LogP contribution in [-0.4, -0.2) is 62.3 Å². The standard InChI is InChI=1S/C23H48O6SSi2/c1-13-15-18-20(28-31(9,10)22(2,3)4)21(29-32(11,12)23(5,6)7)19(27-18)16-14-17-26-30(8,24)25/h13,18-21H,1,14-17H2,2-12H3/t18-,19+,20-,21-/m1/s1. The van der Waals surface area contributed by atoms with E-state index in [1.807, 2.05) is 6.08 Å². The van der Waals surface area contributed by atoms with E-state index in [0.717, 1.165) is 6.26 Å². The molecule has 0 unspecified atom stereocenters. The SMILES string of the molecule is C=CC[C@H]1O[C@@H](CCCOS(C)(=O)=O)[C@@H](O[Si](C)(C)C(C)(C)C)[C@@H]1O[Si](C)(C)C(C)(C)C. The second-order valence-corrected chi connectivity index (χ2v) is 23.2. The van der Waals surface area contributed by atoms with Gasteiger partial charge in [-0.15, -0.1) is 6.58 Å². The molecule has 1 fully saturated rings. The molecule has 0 bridgehead atoms. The Kier molecular flexibility index (Phi) is 10.0. The molecule has 4 atom stereocenters. The predicted octanol–water partition coefficient (Wildman–Crippen LogP) is 5.87. The molecule has 1 aliphatic heterocycles. The van der Waals surface area contributed by atoms with Gasteiger partial charge < -0.3 is 13.6 Å². The second-order valence-electron chi connectivity index (χ2n) is 12.1. The summed E-state index contributed by atoms with van der Waals surface area (Å²) in [6.07, 6.45) is 4.19. The maximum atomic E-state index is 11.3. The molecule has 0 N–H and O–H groups in total. The Labute approximate surface area is 199 Å². The van der Waals surface area contributed by atoms with Gasteiger partial charge in [0.1, 0.15) is 0 Å². The molecule has 1 heterocycles. The molecule has 9 heteroatoms. The summed E-state index contributed by atoms with van der Waals surface area (Å²) in [5.41, 5.74) is 0. The van der Waals surface area contributed by atoms with Crippen molar-refractivity contribution < 1.29 is 26.2 Å². The highest BCUT2D eigenvalue weighted by Crippen LogP contribution is 2.44. The monoisotopic (exact) mass is 508 g/mol. The van der Waals surface area contributed by atoms with Gasteiger partial charge in [-0.3, -0.25) is 4.18 Å². The van der Waals surface area contributed by atoms with Crippen LogP contribution in [0.4, 0.5) is 0 Å². The zero-order valence-corrected chi connectivity index (χ0v) is 25.1. The van der Waals surface area contributed by atoms with Crippen molar-refractivity contribution in [1.29, 1.82) is 0 Å². The molecular formula is C23H48O6SSi2. The van der Waals surface area contributed by atoms with Crippen LogP contribution in [0.15, 0.2) is 12.7 Å². The van der Waals surface area contributed by atoms with Gasteiger partial charge in [-0.1, -0.05) is 47.6 Å². The van der Waals surface area contributed by atoms with Crippen molar-refractivity contribution >= 4 is 26.8 Å². The Bertz CT molecular complexity index is 722. The molecule has 0 radical (unpaired) electrons. The lowest BCUT2D eigenvalue weighted by Crippen LogP contribution is -2.54. The van der Waals surface area contributed by atoms with Gasteiger partial charge in [0.05, 0.1) is 37.3 Å². The Morgan fingerprint density at radius 2 is 1.34 bits per heavy atom. The highest BCUT2D eigenvalue weighted by molar-refractivity contribution is 7.85. The summed E-state index contributed by atoms with van der Waals surface area (Å²) in [6, 6.07) is 0. The summed E-state index contributed by atoms with van der Waals surface area (Å²) in [7, 11) is -7.63. The summed E-state index contributed by atoms with van der Waals surface area (Å²) in [5, 5.41) is 0.115. The van der Waals surface area contributed by atoms with Gasteiger partial charge >= 0.3 is 0 Å². The number of ether oxygens (including phenoxy) is 1. The van der Waals surface area contributed by atoms with E-state index < -0.39 is 26.8 Å². The van der Waals surface area contributed by atoms with Gasteiger partial charge in [0, 0.05) is 0 Å². The largest absolute Gasteiger partial charge is 0.409 e. The van der Waals surface area contributed by atoms with Crippen molar-refractivity contribution in [2.24, 2.45) is 0 Å². The van der Waals surface area contributed by atoms with E-state index in [0.29, 0.717) is 19.3 Å². The lowest BCUT2D eigenvalue weighted by molar-refractivity contribution is 0.00548. The predicted molar refractivity (Wildman–Crippen MR) is 138 cm³/mol. The maximum absolute atomic E-state index is 11.3. The van der Waals surface area contributed by atoms with E-state index in [1.165, 1.54) is 0 Å². The molecule has 0 aliphatic carbocycles. The molecule has 0 aromatic carbocycles. The quantitative estimate of drug-likeness (QED) is 0.150. The lowest BCUT2D eigenvalue weighted by Gasteiger charge is -2.44. The topological polar surface area (TPSA) is 71.1 Å². The zero-order chi connectivity index (χ0) is 25.2. The van der Waals surface area contributed by atoms with Gasteiger partial charge in [-0.25, -0.2) is 0 Å². The molecule has 1 saturated heterocycles. The van der Waals surface area contributed by atoms with Crippen molar-refractivity contribution in [2.75, 3.05) is 12.9 Å². The number of hydrogen-bond donors (Lipinski definition) is 0. The van der Waals surface area contributed by atoms with Crippen LogP contribution in [0.25, 0.3) is 0 Å². The van der Waals surface area contributed by atoms with Gasteiger partial charge in [0.15, 0.2) is 16.6 Å². The normalized spacial score (nSPS) is 25.8. The lowest BCUT2D eigenvalue weighted by atomic mass is 10.0. The van der Waals surface area contributed by atoms with Crippen LogP contribution in [0.3, 0.4) is 0 Å². The van der Waals surface area contributed by atoms with Gasteiger partial charge in [0.25, 0.3) is 10.1 Å². The van der Waals surface area contributed by atoms with Crippen LogP contribution in [0.5, 0.6) is 0 Å². The highest BCUT2D eigenvalue weighted by Gasteiger charge is 2.52. The number of hydrogen-bond acceptors (Lipinski definition) is 6. The third-order valence-electron chi connectivity index (χ3n) is 7.21.